The first-order valence-electron chi connectivity index (χ1n) is 4.35. The maximum atomic E-state index is 10.1. The predicted molar refractivity (Wildman–Crippen MR) is 51.8 cm³/mol. The second-order valence-electron chi connectivity index (χ2n) is 2.53. The van der Waals surface area contributed by atoms with Crippen molar-refractivity contribution in [3.05, 3.63) is 0 Å². The molecule has 9 nitrogen and oxygen atoms in total. The van der Waals surface area contributed by atoms with E-state index in [0.29, 0.717) is 12.8 Å². The molecule has 0 aromatic rings. The van der Waals surface area contributed by atoms with Crippen molar-refractivity contribution in [1.82, 2.24) is 5.32 Å². The van der Waals surface area contributed by atoms with Gasteiger partial charge in [0.2, 0.25) is 11.8 Å². The smallest absolute Gasteiger partial charge is 0.414 e. The van der Waals surface area contributed by atoms with E-state index in [4.69, 9.17) is 30.0 Å². The number of amides is 2. The molecule has 1 saturated heterocycles. The van der Waals surface area contributed by atoms with Gasteiger partial charge in [0, 0.05) is 12.8 Å². The third-order valence-corrected chi connectivity index (χ3v) is 1.14. The predicted octanol–water partition coefficient (Wildman–Crippen LogP) is -2.45. The molecule has 0 aromatic heterocycles. The topological polar surface area (TPSA) is 161 Å². The van der Waals surface area contributed by atoms with E-state index in [0.717, 1.165) is 0 Å². The van der Waals surface area contributed by atoms with Crippen LogP contribution >= 0.6 is 0 Å². The second-order valence-corrected chi connectivity index (χ2v) is 2.53. The standard InChI is InChI=1S/C4H5NO2.C2H2O4.C2H6O2/c6-3-1-2-4(7)5-3;3-1(4)2(5)6;3-1-2-4/h1-2H2,(H,5,6,7);(H,3,4)(H,5,6);3-4H,1-2H2. The molecule has 0 radical (unpaired) electrons. The molecule has 0 unspecified atom stereocenters. The van der Waals surface area contributed by atoms with Crippen LogP contribution in [0, 0.1) is 0 Å². The molecule has 1 heterocycles. The summed E-state index contributed by atoms with van der Waals surface area (Å²) in [6.45, 7) is -0.250. The summed E-state index contributed by atoms with van der Waals surface area (Å²) in [5.41, 5.74) is 0. The second kappa shape index (κ2) is 10.5. The van der Waals surface area contributed by atoms with Crippen LogP contribution in [0.15, 0.2) is 0 Å². The van der Waals surface area contributed by atoms with Crippen LogP contribution < -0.4 is 5.32 Å². The van der Waals surface area contributed by atoms with Gasteiger partial charge in [-0.3, -0.25) is 14.9 Å². The van der Waals surface area contributed by atoms with Crippen LogP contribution in [-0.4, -0.2) is 57.4 Å². The summed E-state index contributed by atoms with van der Waals surface area (Å²) in [7, 11) is 0. The lowest BCUT2D eigenvalue weighted by Crippen LogP contribution is -2.18. The van der Waals surface area contributed by atoms with Crippen LogP contribution in [0.1, 0.15) is 12.8 Å². The number of aliphatic hydroxyl groups excluding tert-OH is 2. The first-order chi connectivity index (χ1) is 7.84. The Kier molecular flexibility index (Phi) is 10.8. The van der Waals surface area contributed by atoms with Crippen molar-refractivity contribution >= 4 is 23.8 Å². The van der Waals surface area contributed by atoms with Gasteiger partial charge in [0.1, 0.15) is 0 Å². The summed E-state index contributed by atoms with van der Waals surface area (Å²) < 4.78 is 0. The molecular weight excluding hydrogens is 238 g/mol. The van der Waals surface area contributed by atoms with Gasteiger partial charge >= 0.3 is 11.9 Å². The molecule has 0 aliphatic carbocycles. The van der Waals surface area contributed by atoms with E-state index in [9.17, 15) is 9.59 Å². The first kappa shape index (κ1) is 17.4. The van der Waals surface area contributed by atoms with Crippen LogP contribution in [0.25, 0.3) is 0 Å². The lowest BCUT2D eigenvalue weighted by molar-refractivity contribution is -0.159. The average Bonchev–Trinajstić information content (AvgIpc) is 2.63. The number of carboxylic acids is 2. The van der Waals surface area contributed by atoms with E-state index in [2.05, 4.69) is 5.32 Å². The van der Waals surface area contributed by atoms with Crippen LogP contribution in [0.5, 0.6) is 0 Å². The molecule has 0 aromatic carbocycles. The van der Waals surface area contributed by atoms with Crippen molar-refractivity contribution in [1.29, 1.82) is 0 Å². The molecular formula is C8H13NO8. The highest BCUT2D eigenvalue weighted by atomic mass is 16.4. The summed E-state index contributed by atoms with van der Waals surface area (Å²) in [6, 6.07) is 0. The quantitative estimate of drug-likeness (QED) is 0.253. The van der Waals surface area contributed by atoms with Crippen LogP contribution in [-0.2, 0) is 19.2 Å². The molecule has 0 atom stereocenters. The summed E-state index contributed by atoms with van der Waals surface area (Å²) in [4.78, 5) is 38.4. The number of imide groups is 1. The lowest BCUT2D eigenvalue weighted by Gasteiger charge is -1.79. The van der Waals surface area contributed by atoms with Gasteiger partial charge in [-0.15, -0.1) is 0 Å². The maximum absolute atomic E-state index is 10.1. The van der Waals surface area contributed by atoms with Crippen molar-refractivity contribution in [2.75, 3.05) is 13.2 Å². The van der Waals surface area contributed by atoms with Gasteiger partial charge < -0.3 is 20.4 Å². The molecule has 2 amide bonds. The molecule has 9 heteroatoms. The Bertz CT molecular complexity index is 259. The number of hydrogen-bond donors (Lipinski definition) is 5. The van der Waals surface area contributed by atoms with Gasteiger partial charge in [-0.05, 0) is 0 Å². The zero-order valence-electron chi connectivity index (χ0n) is 8.75. The number of nitrogens with one attached hydrogen (secondary N) is 1. The number of hydrogen-bond acceptors (Lipinski definition) is 6. The van der Waals surface area contributed by atoms with E-state index in [1.54, 1.807) is 0 Å². The van der Waals surface area contributed by atoms with E-state index < -0.39 is 11.9 Å². The third kappa shape index (κ3) is 14.0. The molecule has 1 aliphatic heterocycles. The number of carboxylic acid groups (broad SMARTS) is 2. The fourth-order valence-corrected chi connectivity index (χ4v) is 0.508. The molecule has 1 fully saturated rings. The maximum Gasteiger partial charge on any atom is 0.414 e. The van der Waals surface area contributed by atoms with E-state index in [1.165, 1.54) is 0 Å². The van der Waals surface area contributed by atoms with Gasteiger partial charge in [0.25, 0.3) is 0 Å². The van der Waals surface area contributed by atoms with Crippen LogP contribution in [0.3, 0.4) is 0 Å². The molecule has 1 aliphatic rings. The highest BCUT2D eigenvalue weighted by molar-refractivity contribution is 6.27. The zero-order chi connectivity index (χ0) is 13.8. The fraction of sp³-hybridized carbons (Fsp3) is 0.500. The fourth-order valence-electron chi connectivity index (χ4n) is 0.508. The minimum atomic E-state index is -1.82. The largest absolute Gasteiger partial charge is 0.473 e. The number of aliphatic hydroxyl groups is 2. The van der Waals surface area contributed by atoms with Gasteiger partial charge in [-0.2, -0.15) is 0 Å². The minimum Gasteiger partial charge on any atom is -0.473 e. The van der Waals surface area contributed by atoms with Gasteiger partial charge in [0.05, 0.1) is 13.2 Å². The number of carbonyl (C=O) groups is 4. The van der Waals surface area contributed by atoms with E-state index >= 15 is 0 Å². The number of rotatable bonds is 1. The van der Waals surface area contributed by atoms with Crippen molar-refractivity contribution in [2.24, 2.45) is 0 Å². The van der Waals surface area contributed by atoms with Crippen molar-refractivity contribution in [2.45, 2.75) is 12.8 Å². The monoisotopic (exact) mass is 251 g/mol. The minimum absolute atomic E-state index is 0.125. The third-order valence-electron chi connectivity index (χ3n) is 1.14. The van der Waals surface area contributed by atoms with Crippen LogP contribution in [0.2, 0.25) is 0 Å². The Morgan fingerprint density at radius 1 is 0.941 bits per heavy atom. The molecule has 98 valence electrons. The highest BCUT2D eigenvalue weighted by Gasteiger charge is 2.15. The zero-order valence-corrected chi connectivity index (χ0v) is 8.75. The molecule has 1 rings (SSSR count). The van der Waals surface area contributed by atoms with E-state index in [1.807, 2.05) is 0 Å². The summed E-state index contributed by atoms with van der Waals surface area (Å²) in [6.07, 6.45) is 0.748. The Morgan fingerprint density at radius 3 is 1.29 bits per heavy atom. The summed E-state index contributed by atoms with van der Waals surface area (Å²) in [5, 5.41) is 32.2. The summed E-state index contributed by atoms with van der Waals surface area (Å²) in [5.74, 6) is -3.94. The average molecular weight is 251 g/mol. The van der Waals surface area contributed by atoms with Crippen molar-refractivity contribution in [3.8, 4) is 0 Å². The molecule has 5 N–H and O–H groups in total. The summed E-state index contributed by atoms with van der Waals surface area (Å²) >= 11 is 0. The lowest BCUT2D eigenvalue weighted by atomic mass is 10.4. The highest BCUT2D eigenvalue weighted by Crippen LogP contribution is 1.95. The van der Waals surface area contributed by atoms with E-state index in [-0.39, 0.29) is 25.0 Å². The van der Waals surface area contributed by atoms with Gasteiger partial charge in [-0.1, -0.05) is 0 Å². The normalized spacial score (nSPS) is 12.6. The molecule has 0 bridgehead atoms. The first-order valence-corrected chi connectivity index (χ1v) is 4.35. The molecule has 0 spiro atoms. The Morgan fingerprint density at radius 2 is 1.24 bits per heavy atom. The molecule has 0 saturated carbocycles. The molecule has 17 heavy (non-hydrogen) atoms. The van der Waals surface area contributed by atoms with Crippen LogP contribution in [0.4, 0.5) is 0 Å². The number of aliphatic carboxylic acids is 2. The van der Waals surface area contributed by atoms with Gasteiger partial charge in [-0.25, -0.2) is 9.59 Å². The SMILES string of the molecule is O=C(O)C(=O)O.O=C1CCC(=O)N1.OCCO. The van der Waals surface area contributed by atoms with Crippen molar-refractivity contribution < 1.29 is 39.6 Å². The number of carbonyl (C=O) groups excluding carboxylic acids is 2. The van der Waals surface area contributed by atoms with Crippen molar-refractivity contribution in [3.63, 3.8) is 0 Å². The Hall–Kier alpha value is -2.00. The Labute approximate surface area is 95.7 Å². The Balaban J connectivity index is 0. The van der Waals surface area contributed by atoms with Gasteiger partial charge in [0.15, 0.2) is 0 Å².